The lowest BCUT2D eigenvalue weighted by molar-refractivity contribution is 0.284. The van der Waals surface area contributed by atoms with Gasteiger partial charge in [-0.15, -0.1) is 0 Å². The van der Waals surface area contributed by atoms with Crippen molar-refractivity contribution in [2.24, 2.45) is 0 Å². The molecule has 28 heavy (non-hydrogen) atoms. The van der Waals surface area contributed by atoms with Crippen molar-refractivity contribution in [3.63, 3.8) is 0 Å². The number of hydrogen-bond donors (Lipinski definition) is 0. The molecule has 1 heterocycles. The molecule has 0 amide bonds. The summed E-state index contributed by atoms with van der Waals surface area (Å²) in [5, 5.41) is 1.65. The summed E-state index contributed by atoms with van der Waals surface area (Å²) in [6.45, 7) is 0.461. The molecule has 3 aromatic carbocycles. The van der Waals surface area contributed by atoms with Crippen molar-refractivity contribution in [1.82, 2.24) is 0 Å². The number of furan rings is 1. The summed E-state index contributed by atoms with van der Waals surface area (Å²) < 4.78 is 17.4. The normalized spacial score (nSPS) is 11.2. The van der Waals surface area contributed by atoms with Crippen molar-refractivity contribution >= 4 is 34.7 Å². The van der Waals surface area contributed by atoms with Gasteiger partial charge in [0, 0.05) is 16.5 Å². The van der Waals surface area contributed by atoms with Gasteiger partial charge in [0.1, 0.15) is 18.0 Å². The summed E-state index contributed by atoms with van der Waals surface area (Å²) in [4.78, 5) is 0. The minimum absolute atomic E-state index is 0.461. The monoisotopic (exact) mass is 390 g/mol. The van der Waals surface area contributed by atoms with Gasteiger partial charge in [-0.25, -0.2) is 0 Å². The van der Waals surface area contributed by atoms with Crippen molar-refractivity contribution in [2.75, 3.05) is 7.11 Å². The number of halogens is 1. The summed E-state index contributed by atoms with van der Waals surface area (Å²) in [5.41, 5.74) is 2.77. The Labute approximate surface area is 168 Å². The van der Waals surface area contributed by atoms with Gasteiger partial charge in [-0.1, -0.05) is 60.1 Å². The Balaban J connectivity index is 1.59. The molecule has 4 heteroatoms. The Kier molecular flexibility index (Phi) is 5.36. The summed E-state index contributed by atoms with van der Waals surface area (Å²) in [6.07, 6.45) is 3.84. The fourth-order valence-electron chi connectivity index (χ4n) is 2.94. The van der Waals surface area contributed by atoms with E-state index in [-0.39, 0.29) is 0 Å². The zero-order valence-corrected chi connectivity index (χ0v) is 16.1. The van der Waals surface area contributed by atoms with Crippen LogP contribution < -0.4 is 9.47 Å². The van der Waals surface area contributed by atoms with Crippen molar-refractivity contribution in [2.45, 2.75) is 6.61 Å². The second-order valence-electron chi connectivity index (χ2n) is 6.32. The molecule has 0 radical (unpaired) electrons. The van der Waals surface area contributed by atoms with Gasteiger partial charge in [0.15, 0.2) is 11.5 Å². The molecule has 0 N–H and O–H groups in total. The van der Waals surface area contributed by atoms with Crippen LogP contribution in [0, 0.1) is 0 Å². The first kappa shape index (κ1) is 18.2. The summed E-state index contributed by atoms with van der Waals surface area (Å²) >= 11 is 6.20. The molecule has 0 bridgehead atoms. The second kappa shape index (κ2) is 8.24. The average molecular weight is 391 g/mol. The maximum Gasteiger partial charge on any atom is 0.165 e. The highest BCUT2D eigenvalue weighted by Gasteiger charge is 2.11. The van der Waals surface area contributed by atoms with E-state index in [0.29, 0.717) is 23.1 Å². The first-order valence-electron chi connectivity index (χ1n) is 8.94. The number of ether oxygens (including phenoxy) is 2. The van der Waals surface area contributed by atoms with E-state index in [9.17, 15) is 0 Å². The molecule has 0 spiro atoms. The van der Waals surface area contributed by atoms with Crippen LogP contribution >= 0.6 is 11.6 Å². The van der Waals surface area contributed by atoms with E-state index in [1.807, 2.05) is 84.9 Å². The Hall–Kier alpha value is -3.17. The predicted octanol–water partition coefficient (Wildman–Crippen LogP) is 6.84. The van der Waals surface area contributed by atoms with E-state index in [2.05, 4.69) is 0 Å². The fourth-order valence-corrected chi connectivity index (χ4v) is 3.14. The van der Waals surface area contributed by atoms with Gasteiger partial charge in [0.05, 0.1) is 7.11 Å². The van der Waals surface area contributed by atoms with Crippen molar-refractivity contribution in [3.8, 4) is 11.5 Å². The van der Waals surface area contributed by atoms with Crippen LogP contribution in [0.25, 0.3) is 23.1 Å². The third-order valence-electron chi connectivity index (χ3n) is 4.39. The number of benzene rings is 3. The molecular weight excluding hydrogens is 372 g/mol. The van der Waals surface area contributed by atoms with E-state index >= 15 is 0 Å². The number of rotatable bonds is 6. The van der Waals surface area contributed by atoms with E-state index in [0.717, 1.165) is 27.9 Å². The molecule has 140 valence electrons. The lowest BCUT2D eigenvalue weighted by Crippen LogP contribution is -1.97. The third kappa shape index (κ3) is 4.05. The van der Waals surface area contributed by atoms with Crippen LogP contribution in [0.5, 0.6) is 11.5 Å². The van der Waals surface area contributed by atoms with Crippen LogP contribution in [-0.2, 0) is 6.61 Å². The second-order valence-corrected chi connectivity index (χ2v) is 6.73. The summed E-state index contributed by atoms with van der Waals surface area (Å²) in [7, 11) is 1.63. The lowest BCUT2D eigenvalue weighted by atomic mass is 10.2. The first-order chi connectivity index (χ1) is 13.7. The van der Waals surface area contributed by atoms with E-state index in [1.54, 1.807) is 7.11 Å². The molecule has 0 aliphatic rings. The average Bonchev–Trinajstić information content (AvgIpc) is 3.13. The molecular formula is C24H19ClO3. The zero-order valence-electron chi connectivity index (χ0n) is 15.4. The highest BCUT2D eigenvalue weighted by atomic mass is 35.5. The maximum atomic E-state index is 6.20. The Morgan fingerprint density at radius 3 is 2.46 bits per heavy atom. The highest BCUT2D eigenvalue weighted by Crippen LogP contribution is 2.35. The first-order valence-corrected chi connectivity index (χ1v) is 9.31. The molecule has 0 saturated carbocycles. The van der Waals surface area contributed by atoms with Gasteiger partial charge in [0.2, 0.25) is 0 Å². The topological polar surface area (TPSA) is 31.6 Å². The minimum Gasteiger partial charge on any atom is -0.493 e. The van der Waals surface area contributed by atoms with Crippen LogP contribution in [-0.4, -0.2) is 7.11 Å². The Morgan fingerprint density at radius 2 is 1.68 bits per heavy atom. The van der Waals surface area contributed by atoms with Crippen molar-refractivity contribution in [1.29, 1.82) is 0 Å². The Morgan fingerprint density at radius 1 is 0.893 bits per heavy atom. The van der Waals surface area contributed by atoms with Gasteiger partial charge in [-0.3, -0.25) is 0 Å². The predicted molar refractivity (Wildman–Crippen MR) is 114 cm³/mol. The molecule has 1 aromatic heterocycles. The van der Waals surface area contributed by atoms with Crippen LogP contribution in [0.15, 0.2) is 77.2 Å². The minimum atomic E-state index is 0.461. The lowest BCUT2D eigenvalue weighted by Gasteiger charge is -2.10. The van der Waals surface area contributed by atoms with Gasteiger partial charge in [0.25, 0.3) is 0 Å². The molecule has 3 nitrogen and oxygen atoms in total. The van der Waals surface area contributed by atoms with Gasteiger partial charge in [-0.2, -0.15) is 0 Å². The SMILES string of the molecule is COc1cc2cc(/C=C/c3ccccc3Cl)oc2cc1OCc1ccccc1. The highest BCUT2D eigenvalue weighted by molar-refractivity contribution is 6.32. The summed E-state index contributed by atoms with van der Waals surface area (Å²) in [5.74, 6) is 2.05. The van der Waals surface area contributed by atoms with Crippen LogP contribution in [0.2, 0.25) is 5.02 Å². The van der Waals surface area contributed by atoms with Crippen molar-refractivity contribution in [3.05, 3.63) is 94.7 Å². The smallest absolute Gasteiger partial charge is 0.165 e. The largest absolute Gasteiger partial charge is 0.493 e. The van der Waals surface area contributed by atoms with E-state index in [1.165, 1.54) is 0 Å². The van der Waals surface area contributed by atoms with Gasteiger partial charge < -0.3 is 13.9 Å². The number of fused-ring (bicyclic) bond motifs is 1. The molecule has 4 rings (SSSR count). The van der Waals surface area contributed by atoms with Crippen LogP contribution in [0.1, 0.15) is 16.9 Å². The van der Waals surface area contributed by atoms with Gasteiger partial charge in [-0.05, 0) is 41.5 Å². The molecule has 0 saturated heterocycles. The fraction of sp³-hybridized carbons (Fsp3) is 0.0833. The molecule has 0 fully saturated rings. The maximum absolute atomic E-state index is 6.20. The van der Waals surface area contributed by atoms with Crippen molar-refractivity contribution < 1.29 is 13.9 Å². The zero-order chi connectivity index (χ0) is 19.3. The molecule has 0 aliphatic carbocycles. The number of hydrogen-bond acceptors (Lipinski definition) is 3. The molecule has 0 unspecified atom stereocenters. The molecule has 0 aliphatic heterocycles. The van der Waals surface area contributed by atoms with Crippen LogP contribution in [0.3, 0.4) is 0 Å². The third-order valence-corrected chi connectivity index (χ3v) is 4.74. The molecule has 4 aromatic rings. The van der Waals surface area contributed by atoms with Gasteiger partial charge >= 0.3 is 0 Å². The van der Waals surface area contributed by atoms with E-state index in [4.69, 9.17) is 25.5 Å². The molecule has 0 atom stereocenters. The standard InChI is InChI=1S/C24H19ClO3/c1-26-23-14-19-13-20(12-11-18-9-5-6-10-21(18)25)28-22(19)15-24(23)27-16-17-7-3-2-4-8-17/h2-15H,16H2,1H3/b12-11+. The number of methoxy groups -OCH3 is 1. The van der Waals surface area contributed by atoms with Crippen LogP contribution in [0.4, 0.5) is 0 Å². The quantitative estimate of drug-likeness (QED) is 0.361. The summed E-state index contributed by atoms with van der Waals surface area (Å²) in [6, 6.07) is 23.4. The van der Waals surface area contributed by atoms with E-state index < -0.39 is 0 Å². The Bertz CT molecular complexity index is 1110.